The fraction of sp³-hybridized carbons (Fsp3) is 0.542. The number of carbonyl (C=O) groups excluding carboxylic acids is 1. The lowest BCUT2D eigenvalue weighted by Gasteiger charge is -2.20. The number of hydrogen-bond acceptors (Lipinski definition) is 8. The monoisotopic (exact) mass is 601 g/mol. The second kappa shape index (κ2) is 21.5. The van der Waals surface area contributed by atoms with Gasteiger partial charge in [0.1, 0.15) is 35.6 Å². The summed E-state index contributed by atoms with van der Waals surface area (Å²) in [5, 5.41) is 2.58. The first-order valence-electron chi connectivity index (χ1n) is 11.9. The molecule has 1 fully saturated rings. The third-order valence-electron chi connectivity index (χ3n) is 4.46. The molecule has 15 heteroatoms. The molecular formula is C24H36ClF3N3O7P. The maximum absolute atomic E-state index is 14.4. The highest BCUT2D eigenvalue weighted by Crippen LogP contribution is 2.37. The van der Waals surface area contributed by atoms with E-state index in [0.717, 1.165) is 10.8 Å². The van der Waals surface area contributed by atoms with Gasteiger partial charge in [-0.1, -0.05) is 43.6 Å². The van der Waals surface area contributed by atoms with Gasteiger partial charge in [0.25, 0.3) is 5.56 Å². The van der Waals surface area contributed by atoms with E-state index in [1.807, 2.05) is 38.7 Å². The van der Waals surface area contributed by atoms with Crippen molar-refractivity contribution in [3.05, 3.63) is 62.4 Å². The van der Waals surface area contributed by atoms with Crippen molar-refractivity contribution in [1.82, 2.24) is 14.6 Å². The molecule has 0 aliphatic carbocycles. The number of aromatic nitrogens is 2. The van der Waals surface area contributed by atoms with E-state index in [4.69, 9.17) is 30.1 Å². The van der Waals surface area contributed by atoms with Crippen molar-refractivity contribution in [3.8, 4) is 5.75 Å². The Kier molecular flexibility index (Phi) is 20.3. The van der Waals surface area contributed by atoms with Crippen LogP contribution in [0.1, 0.15) is 40.3 Å². The number of alkyl halides is 3. The van der Waals surface area contributed by atoms with E-state index < -0.39 is 45.2 Å². The zero-order valence-electron chi connectivity index (χ0n) is 22.4. The molecule has 2 aromatic rings. The van der Waals surface area contributed by atoms with Crippen molar-refractivity contribution < 1.29 is 36.5 Å². The number of hydrogen-bond donors (Lipinski definition) is 2. The number of para-hydroxylation sites is 1. The van der Waals surface area contributed by atoms with E-state index in [1.165, 1.54) is 0 Å². The molecule has 3 rings (SSSR count). The molecule has 39 heavy (non-hydrogen) atoms. The molecule has 0 radical (unpaired) electrons. The second-order valence-corrected chi connectivity index (χ2v) is 9.07. The van der Waals surface area contributed by atoms with E-state index in [0.29, 0.717) is 18.1 Å². The van der Waals surface area contributed by atoms with Crippen molar-refractivity contribution in [3.63, 3.8) is 0 Å². The predicted octanol–water partition coefficient (Wildman–Crippen LogP) is 4.88. The minimum absolute atomic E-state index is 0.00297. The van der Waals surface area contributed by atoms with E-state index in [9.17, 15) is 27.6 Å². The van der Waals surface area contributed by atoms with Crippen LogP contribution in [-0.4, -0.2) is 61.4 Å². The topological polar surface area (TPSA) is 121 Å². The summed E-state index contributed by atoms with van der Waals surface area (Å²) in [4.78, 5) is 36.0. The summed E-state index contributed by atoms with van der Waals surface area (Å²) in [7, 11) is -0.0282. The van der Waals surface area contributed by atoms with E-state index in [-0.39, 0.29) is 24.6 Å². The zero-order valence-corrected chi connectivity index (χ0v) is 24.1. The number of nitrogens with one attached hydrogen (secondary N) is 2. The third-order valence-corrected chi connectivity index (χ3v) is 5.93. The number of ether oxygens (including phenoxy) is 2. The summed E-state index contributed by atoms with van der Waals surface area (Å²) in [5.41, 5.74) is -1.48. The highest BCUT2D eigenvalue weighted by atomic mass is 35.5. The summed E-state index contributed by atoms with van der Waals surface area (Å²) in [6.07, 6.45) is -1.30. The van der Waals surface area contributed by atoms with Crippen molar-refractivity contribution in [2.24, 2.45) is 0 Å². The number of nitrogens with zero attached hydrogens (tertiary/aromatic N) is 1. The third kappa shape index (κ3) is 14.6. The summed E-state index contributed by atoms with van der Waals surface area (Å²) in [5.74, 6) is 0.522. The molecule has 2 heterocycles. The van der Waals surface area contributed by atoms with Gasteiger partial charge in [0.2, 0.25) is 6.93 Å². The molecule has 1 aromatic carbocycles. The Balaban J connectivity index is 0.00000125. The standard InChI is InChI=1S/C17H18ClFN3O6P.C4H10O.C2H6.CH2F2/c18-12-9-22(17(25)21-16(12)24)15-8-13(19)14(27-15)10-26-29(20-6-7-23)28-11-4-2-1-3-5-11;1-4(2)5-3;1-2;2-1-3/h1-5,7,9,13-15,20H,6,8,10H2,(H,21,24,25);4H,1-3H3;1-2H3;1H2. The Hall–Kier alpha value is -2.28. The van der Waals surface area contributed by atoms with Gasteiger partial charge >= 0.3 is 14.2 Å². The highest BCUT2D eigenvalue weighted by molar-refractivity contribution is 7.45. The van der Waals surface area contributed by atoms with Gasteiger partial charge in [-0.25, -0.2) is 23.1 Å². The molecule has 0 bridgehead atoms. The number of aldehydes is 1. The number of carbonyl (C=O) groups is 1. The van der Waals surface area contributed by atoms with Crippen LogP contribution < -0.4 is 20.9 Å². The zero-order chi connectivity index (χ0) is 29.8. The molecule has 1 aliphatic rings. The Bertz CT molecular complexity index is 1030. The number of methoxy groups -OCH3 is 1. The summed E-state index contributed by atoms with van der Waals surface area (Å²) >= 11 is 5.74. The molecule has 1 saturated heterocycles. The number of benzene rings is 1. The van der Waals surface area contributed by atoms with Crippen molar-refractivity contribution in [1.29, 1.82) is 0 Å². The molecule has 10 nitrogen and oxygen atoms in total. The lowest BCUT2D eigenvalue weighted by atomic mass is 10.2. The fourth-order valence-corrected chi connectivity index (χ4v) is 3.80. The van der Waals surface area contributed by atoms with Gasteiger partial charge in [-0.3, -0.25) is 14.3 Å². The van der Waals surface area contributed by atoms with Gasteiger partial charge in [-0.15, -0.1) is 0 Å². The number of aromatic amines is 1. The number of halogens is 4. The van der Waals surface area contributed by atoms with Gasteiger partial charge in [0, 0.05) is 19.7 Å². The average molecular weight is 602 g/mol. The molecule has 0 spiro atoms. The van der Waals surface area contributed by atoms with Crippen molar-refractivity contribution in [2.45, 2.75) is 58.7 Å². The van der Waals surface area contributed by atoms with E-state index in [1.54, 1.807) is 31.4 Å². The van der Waals surface area contributed by atoms with Crippen LogP contribution in [0.3, 0.4) is 0 Å². The highest BCUT2D eigenvalue weighted by Gasteiger charge is 2.38. The average Bonchev–Trinajstić information content (AvgIpc) is 3.30. The molecule has 4 atom stereocenters. The molecule has 1 aliphatic heterocycles. The van der Waals surface area contributed by atoms with Crippen LogP contribution in [0.4, 0.5) is 13.2 Å². The minimum Gasteiger partial charge on any atom is -0.436 e. The Morgan fingerprint density at radius 3 is 2.38 bits per heavy atom. The molecule has 0 amide bonds. The van der Waals surface area contributed by atoms with Gasteiger partial charge in [-0.2, -0.15) is 0 Å². The van der Waals surface area contributed by atoms with Crippen LogP contribution in [0.25, 0.3) is 0 Å². The molecule has 2 N–H and O–H groups in total. The van der Waals surface area contributed by atoms with E-state index >= 15 is 0 Å². The second-order valence-electron chi connectivity index (χ2n) is 7.40. The van der Waals surface area contributed by atoms with Crippen LogP contribution in [-0.2, 0) is 18.8 Å². The van der Waals surface area contributed by atoms with Crippen LogP contribution in [0.2, 0.25) is 5.02 Å². The maximum atomic E-state index is 14.4. The Labute approximate surface area is 231 Å². The van der Waals surface area contributed by atoms with Crippen LogP contribution in [0, 0.1) is 0 Å². The predicted molar refractivity (Wildman–Crippen MR) is 144 cm³/mol. The summed E-state index contributed by atoms with van der Waals surface area (Å²) in [6, 6.07) is 8.80. The largest absolute Gasteiger partial charge is 0.436 e. The van der Waals surface area contributed by atoms with Crippen molar-refractivity contribution in [2.75, 3.05) is 27.2 Å². The minimum atomic E-state index is -1.75. The molecule has 0 saturated carbocycles. The first-order valence-corrected chi connectivity index (χ1v) is 13.5. The molecule has 4 unspecified atom stereocenters. The quantitative estimate of drug-likeness (QED) is 0.292. The van der Waals surface area contributed by atoms with Crippen molar-refractivity contribution >= 4 is 26.4 Å². The first-order chi connectivity index (χ1) is 18.7. The lowest BCUT2D eigenvalue weighted by molar-refractivity contribution is -0.107. The SMILES string of the molecule is CC.COC(C)C.FCF.O=CCNP(OCC1OC(n2cc(Cl)c(=O)[nH]c2=O)CC1F)Oc1ccccc1. The summed E-state index contributed by atoms with van der Waals surface area (Å²) < 4.78 is 56.3. The Morgan fingerprint density at radius 1 is 1.26 bits per heavy atom. The molecule has 1 aromatic heterocycles. The Morgan fingerprint density at radius 2 is 1.85 bits per heavy atom. The van der Waals surface area contributed by atoms with Gasteiger partial charge < -0.3 is 23.3 Å². The van der Waals surface area contributed by atoms with Crippen LogP contribution in [0.5, 0.6) is 5.75 Å². The van der Waals surface area contributed by atoms with Gasteiger partial charge in [0.15, 0.2) is 0 Å². The fourth-order valence-electron chi connectivity index (χ4n) is 2.62. The summed E-state index contributed by atoms with van der Waals surface area (Å²) in [6.45, 7) is 6.07. The van der Waals surface area contributed by atoms with Crippen LogP contribution in [0.15, 0.2) is 46.1 Å². The van der Waals surface area contributed by atoms with Crippen LogP contribution >= 0.6 is 20.1 Å². The number of H-pyrrole nitrogens is 1. The normalized spacial score (nSPS) is 18.5. The number of rotatable bonds is 10. The molecular weight excluding hydrogens is 566 g/mol. The lowest BCUT2D eigenvalue weighted by Crippen LogP contribution is -2.32. The molecule has 222 valence electrons. The first kappa shape index (κ1) is 36.7. The van der Waals surface area contributed by atoms with E-state index in [2.05, 4.69) is 5.09 Å². The van der Waals surface area contributed by atoms with Gasteiger partial charge in [-0.05, 0) is 26.0 Å². The smallest absolute Gasteiger partial charge is 0.330 e. The van der Waals surface area contributed by atoms with Gasteiger partial charge in [0.05, 0.1) is 19.3 Å². The maximum Gasteiger partial charge on any atom is 0.330 e.